The molecule has 6 nitrogen and oxygen atoms in total. The minimum atomic E-state index is -3.94. The molecule has 0 aliphatic rings. The van der Waals surface area contributed by atoms with E-state index in [4.69, 9.17) is 4.74 Å². The second-order valence-electron chi connectivity index (χ2n) is 7.12. The van der Waals surface area contributed by atoms with Crippen molar-refractivity contribution in [3.63, 3.8) is 0 Å². The Morgan fingerprint density at radius 1 is 0.968 bits per heavy atom. The third-order valence-electron chi connectivity index (χ3n) is 4.69. The number of rotatable bonds is 8. The normalized spacial score (nSPS) is 11.1. The Labute approximate surface area is 183 Å². The van der Waals surface area contributed by atoms with Gasteiger partial charge in [-0.05, 0) is 68.8 Å². The highest BCUT2D eigenvalue weighted by Gasteiger charge is 2.28. The summed E-state index contributed by atoms with van der Waals surface area (Å²) in [6.45, 7) is 5.86. The molecule has 31 heavy (non-hydrogen) atoms. The number of anilines is 2. The molecular weight excluding hydrogens is 412 g/mol. The molecule has 0 atom stereocenters. The van der Waals surface area contributed by atoms with E-state index in [0.29, 0.717) is 23.7 Å². The number of sulfonamides is 1. The van der Waals surface area contributed by atoms with Gasteiger partial charge in [0, 0.05) is 5.69 Å². The lowest BCUT2D eigenvalue weighted by atomic mass is 10.1. The summed E-state index contributed by atoms with van der Waals surface area (Å²) in [5, 5.41) is 2.77. The van der Waals surface area contributed by atoms with Gasteiger partial charge in [-0.15, -0.1) is 0 Å². The highest BCUT2D eigenvalue weighted by molar-refractivity contribution is 7.92. The topological polar surface area (TPSA) is 75.7 Å². The van der Waals surface area contributed by atoms with E-state index in [0.717, 1.165) is 15.4 Å². The third kappa shape index (κ3) is 5.44. The third-order valence-corrected chi connectivity index (χ3v) is 6.46. The average molecular weight is 439 g/mol. The van der Waals surface area contributed by atoms with Crippen molar-refractivity contribution in [1.29, 1.82) is 0 Å². The van der Waals surface area contributed by atoms with E-state index >= 15 is 0 Å². The van der Waals surface area contributed by atoms with Crippen molar-refractivity contribution >= 4 is 27.3 Å². The van der Waals surface area contributed by atoms with Gasteiger partial charge in [0.1, 0.15) is 12.3 Å². The van der Waals surface area contributed by atoms with Crippen LogP contribution in [-0.2, 0) is 14.8 Å². The van der Waals surface area contributed by atoms with Gasteiger partial charge >= 0.3 is 0 Å². The summed E-state index contributed by atoms with van der Waals surface area (Å²) in [5.74, 6) is 0.257. The monoisotopic (exact) mass is 438 g/mol. The molecule has 7 heteroatoms. The molecule has 3 aromatic carbocycles. The maximum Gasteiger partial charge on any atom is 0.264 e. The molecule has 0 heterocycles. The number of nitrogens with one attached hydrogen (secondary N) is 1. The summed E-state index contributed by atoms with van der Waals surface area (Å²) < 4.78 is 33.4. The Morgan fingerprint density at radius 3 is 2.26 bits per heavy atom. The first-order chi connectivity index (χ1) is 14.8. The molecule has 3 rings (SSSR count). The first kappa shape index (κ1) is 22.4. The number of aryl methyl sites for hydroxylation is 2. The smallest absolute Gasteiger partial charge is 0.264 e. The fourth-order valence-corrected chi connectivity index (χ4v) is 4.74. The number of hydrogen-bond acceptors (Lipinski definition) is 4. The predicted octanol–water partition coefficient (Wildman–Crippen LogP) is 4.54. The van der Waals surface area contributed by atoms with E-state index in [9.17, 15) is 13.2 Å². The van der Waals surface area contributed by atoms with Crippen molar-refractivity contribution in [1.82, 2.24) is 0 Å². The van der Waals surface area contributed by atoms with Gasteiger partial charge in [-0.3, -0.25) is 9.10 Å². The second-order valence-corrected chi connectivity index (χ2v) is 8.98. The number of carbonyl (C=O) groups excluding carboxylic acids is 1. The van der Waals surface area contributed by atoms with E-state index in [2.05, 4.69) is 5.32 Å². The second kappa shape index (κ2) is 9.66. The van der Waals surface area contributed by atoms with Gasteiger partial charge in [0.2, 0.25) is 5.91 Å². The molecule has 0 saturated carbocycles. The molecule has 0 spiro atoms. The lowest BCUT2D eigenvalue weighted by Crippen LogP contribution is -2.38. The maximum absolute atomic E-state index is 13.4. The molecule has 1 N–H and O–H groups in total. The van der Waals surface area contributed by atoms with Crippen LogP contribution in [0, 0.1) is 13.8 Å². The molecule has 3 aromatic rings. The number of hydrogen-bond donors (Lipinski definition) is 1. The molecule has 0 saturated heterocycles. The Balaban J connectivity index is 1.90. The van der Waals surface area contributed by atoms with Crippen LogP contribution in [0.15, 0.2) is 77.7 Å². The molecule has 0 aliphatic heterocycles. The first-order valence-electron chi connectivity index (χ1n) is 9.99. The summed E-state index contributed by atoms with van der Waals surface area (Å²) >= 11 is 0. The molecule has 0 radical (unpaired) electrons. The van der Waals surface area contributed by atoms with Crippen molar-refractivity contribution in [3.05, 3.63) is 83.9 Å². The van der Waals surface area contributed by atoms with Crippen LogP contribution in [0.1, 0.15) is 18.1 Å². The zero-order valence-electron chi connectivity index (χ0n) is 17.8. The lowest BCUT2D eigenvalue weighted by molar-refractivity contribution is -0.114. The minimum Gasteiger partial charge on any atom is -0.494 e. The fraction of sp³-hybridized carbons (Fsp3) is 0.208. The van der Waals surface area contributed by atoms with E-state index < -0.39 is 15.9 Å². The fourth-order valence-electron chi connectivity index (χ4n) is 3.24. The summed E-state index contributed by atoms with van der Waals surface area (Å²) in [6, 6.07) is 20.5. The van der Waals surface area contributed by atoms with Crippen LogP contribution in [0.2, 0.25) is 0 Å². The van der Waals surface area contributed by atoms with Crippen LogP contribution in [-0.4, -0.2) is 27.5 Å². The SMILES string of the molecule is CCOc1ccc(NC(=O)CN(c2ccc(C)cc2C)S(=O)(=O)c2ccccc2)cc1. The Morgan fingerprint density at radius 2 is 1.65 bits per heavy atom. The first-order valence-corrected chi connectivity index (χ1v) is 11.4. The van der Waals surface area contributed by atoms with Crippen LogP contribution in [0.3, 0.4) is 0 Å². The number of nitrogens with zero attached hydrogens (tertiary/aromatic N) is 1. The Bertz CT molecular complexity index is 1140. The quantitative estimate of drug-likeness (QED) is 0.560. The molecule has 0 aromatic heterocycles. The van der Waals surface area contributed by atoms with Crippen LogP contribution in [0.5, 0.6) is 5.75 Å². The van der Waals surface area contributed by atoms with Crippen LogP contribution in [0.25, 0.3) is 0 Å². The van der Waals surface area contributed by atoms with E-state index in [1.54, 1.807) is 48.5 Å². The summed E-state index contributed by atoms with van der Waals surface area (Å²) in [5.41, 5.74) is 2.81. The van der Waals surface area contributed by atoms with Gasteiger partial charge in [0.05, 0.1) is 17.2 Å². The average Bonchev–Trinajstić information content (AvgIpc) is 2.75. The zero-order chi connectivity index (χ0) is 22.4. The molecule has 0 unspecified atom stereocenters. The standard InChI is InChI=1S/C24H26N2O4S/c1-4-30-21-13-11-20(12-14-21)25-24(27)17-26(23-15-10-18(2)16-19(23)3)31(28,29)22-8-6-5-7-9-22/h5-16H,4,17H2,1-3H3,(H,25,27). The summed E-state index contributed by atoms with van der Waals surface area (Å²) in [7, 11) is -3.94. The van der Waals surface area contributed by atoms with Gasteiger partial charge in [0.25, 0.3) is 10.0 Å². The highest BCUT2D eigenvalue weighted by atomic mass is 32.2. The minimum absolute atomic E-state index is 0.129. The molecule has 0 aliphatic carbocycles. The van der Waals surface area contributed by atoms with Gasteiger partial charge in [-0.1, -0.05) is 35.9 Å². The largest absolute Gasteiger partial charge is 0.494 e. The van der Waals surface area contributed by atoms with Gasteiger partial charge in [-0.2, -0.15) is 0 Å². The summed E-state index contributed by atoms with van der Waals surface area (Å²) in [6.07, 6.45) is 0. The van der Waals surface area contributed by atoms with Crippen LogP contribution in [0.4, 0.5) is 11.4 Å². The molecule has 1 amide bonds. The predicted molar refractivity (Wildman–Crippen MR) is 123 cm³/mol. The molecule has 162 valence electrons. The number of amides is 1. The maximum atomic E-state index is 13.4. The lowest BCUT2D eigenvalue weighted by Gasteiger charge is -2.26. The van der Waals surface area contributed by atoms with Crippen molar-refractivity contribution in [3.8, 4) is 5.75 Å². The van der Waals surface area contributed by atoms with E-state index in [1.165, 1.54) is 12.1 Å². The molecular formula is C24H26N2O4S. The number of benzene rings is 3. The zero-order valence-corrected chi connectivity index (χ0v) is 18.6. The molecule has 0 fully saturated rings. The summed E-state index contributed by atoms with van der Waals surface area (Å²) in [4.78, 5) is 12.9. The number of carbonyl (C=O) groups is 1. The molecule has 0 bridgehead atoms. The van der Waals surface area contributed by atoms with Gasteiger partial charge < -0.3 is 10.1 Å². The van der Waals surface area contributed by atoms with Crippen molar-refractivity contribution in [2.75, 3.05) is 22.8 Å². The van der Waals surface area contributed by atoms with Crippen molar-refractivity contribution in [2.45, 2.75) is 25.7 Å². The van der Waals surface area contributed by atoms with Crippen LogP contribution >= 0.6 is 0 Å². The van der Waals surface area contributed by atoms with E-state index in [-0.39, 0.29) is 11.4 Å². The van der Waals surface area contributed by atoms with Gasteiger partial charge in [0.15, 0.2) is 0 Å². The number of ether oxygens (including phenoxy) is 1. The van der Waals surface area contributed by atoms with Gasteiger partial charge in [-0.25, -0.2) is 8.42 Å². The Kier molecular flexibility index (Phi) is 6.97. The highest BCUT2D eigenvalue weighted by Crippen LogP contribution is 2.27. The van der Waals surface area contributed by atoms with E-state index in [1.807, 2.05) is 32.9 Å². The van der Waals surface area contributed by atoms with Crippen molar-refractivity contribution in [2.24, 2.45) is 0 Å². The van der Waals surface area contributed by atoms with Crippen molar-refractivity contribution < 1.29 is 17.9 Å². The van der Waals surface area contributed by atoms with Crippen LogP contribution < -0.4 is 14.4 Å². The Hall–Kier alpha value is -3.32.